The summed E-state index contributed by atoms with van der Waals surface area (Å²) in [5.41, 5.74) is 2.00. The molecule has 0 bridgehead atoms. The molecule has 1 aromatic rings. The molecule has 0 spiro atoms. The molecule has 0 saturated heterocycles. The number of hydrogen-bond acceptors (Lipinski definition) is 0. The molecule has 0 aromatic heterocycles. The second-order valence-corrected chi connectivity index (χ2v) is 6.30. The van der Waals surface area contributed by atoms with E-state index in [4.69, 9.17) is 0 Å². The quantitative estimate of drug-likeness (QED) is 0.683. The van der Waals surface area contributed by atoms with Gasteiger partial charge in [0.15, 0.2) is 0 Å². The fourth-order valence-corrected chi connectivity index (χ4v) is 3.29. The minimum absolute atomic E-state index is 0.444. The van der Waals surface area contributed by atoms with Crippen LogP contribution < -0.4 is 0 Å². The number of nitrogens with zero attached hydrogens (tertiary/aromatic N) is 1. The molecule has 88 valence electrons. The van der Waals surface area contributed by atoms with Crippen molar-refractivity contribution in [3.63, 3.8) is 0 Å². The third-order valence-electron chi connectivity index (χ3n) is 3.72. The topological polar surface area (TPSA) is 0 Å². The first-order valence-electron chi connectivity index (χ1n) is 6.38. The van der Waals surface area contributed by atoms with Crippen LogP contribution in [0.3, 0.4) is 0 Å². The van der Waals surface area contributed by atoms with E-state index in [1.54, 1.807) is 5.56 Å². The van der Waals surface area contributed by atoms with Gasteiger partial charge in [0.2, 0.25) is 0 Å². The molecule has 1 fully saturated rings. The summed E-state index contributed by atoms with van der Waals surface area (Å²) in [5.74, 6) is 0. The van der Waals surface area contributed by atoms with Crippen LogP contribution in [-0.2, 0) is 5.41 Å². The van der Waals surface area contributed by atoms with E-state index in [-0.39, 0.29) is 0 Å². The van der Waals surface area contributed by atoms with Crippen LogP contribution in [0, 0.1) is 0 Å². The summed E-state index contributed by atoms with van der Waals surface area (Å²) in [6.07, 6.45) is 5.53. The first-order chi connectivity index (χ1) is 7.52. The molecule has 0 radical (unpaired) electrons. The van der Waals surface area contributed by atoms with Gasteiger partial charge in [0.1, 0.15) is 0 Å². The highest BCUT2D eigenvalue weighted by atomic mass is 15.3. The van der Waals surface area contributed by atoms with Gasteiger partial charge in [-0.15, -0.1) is 0 Å². The summed E-state index contributed by atoms with van der Waals surface area (Å²) < 4.78 is 1.06. The molecular weight excluding hydrogens is 194 g/mol. The summed E-state index contributed by atoms with van der Waals surface area (Å²) in [6.45, 7) is 1.26. The Labute approximate surface area is 99.7 Å². The molecule has 1 aliphatic rings. The monoisotopic (exact) mass is 218 g/mol. The molecule has 1 nitrogen and oxygen atoms in total. The van der Waals surface area contributed by atoms with E-state index in [1.807, 2.05) is 0 Å². The number of quaternary nitrogens is 1. The summed E-state index contributed by atoms with van der Waals surface area (Å²) in [7, 11) is 6.93. The number of likely N-dealkylation sites (N-methyl/N-ethyl adjacent to an activating group) is 1. The van der Waals surface area contributed by atoms with Gasteiger partial charge >= 0.3 is 0 Å². The van der Waals surface area contributed by atoms with E-state index in [1.165, 1.54) is 32.2 Å². The van der Waals surface area contributed by atoms with Crippen molar-refractivity contribution < 1.29 is 4.48 Å². The molecule has 0 atom stereocenters. The Morgan fingerprint density at radius 3 is 2.06 bits per heavy atom. The SMILES string of the molecule is C[N+](C)(C)CC1(c2ccccc2)CCCC1. The van der Waals surface area contributed by atoms with Crippen LogP contribution in [0.5, 0.6) is 0 Å². The zero-order valence-corrected chi connectivity index (χ0v) is 10.9. The van der Waals surface area contributed by atoms with Crippen molar-refractivity contribution in [2.45, 2.75) is 31.1 Å². The van der Waals surface area contributed by atoms with Crippen LogP contribution in [0.15, 0.2) is 30.3 Å². The molecule has 0 N–H and O–H groups in total. The molecule has 1 aliphatic carbocycles. The second kappa shape index (κ2) is 4.21. The minimum atomic E-state index is 0.444. The third-order valence-corrected chi connectivity index (χ3v) is 3.72. The maximum Gasteiger partial charge on any atom is 0.0878 e. The van der Waals surface area contributed by atoms with Gasteiger partial charge in [-0.3, -0.25) is 0 Å². The predicted molar refractivity (Wildman–Crippen MR) is 69.5 cm³/mol. The van der Waals surface area contributed by atoms with Crippen LogP contribution in [0.2, 0.25) is 0 Å². The lowest BCUT2D eigenvalue weighted by Crippen LogP contribution is -2.46. The van der Waals surface area contributed by atoms with Gasteiger partial charge in [0.05, 0.1) is 27.7 Å². The molecule has 1 aromatic carbocycles. The van der Waals surface area contributed by atoms with Crippen LogP contribution in [0.1, 0.15) is 31.2 Å². The fraction of sp³-hybridized carbons (Fsp3) is 0.600. The fourth-order valence-electron chi connectivity index (χ4n) is 3.29. The largest absolute Gasteiger partial charge is 0.330 e. The minimum Gasteiger partial charge on any atom is -0.330 e. The lowest BCUT2D eigenvalue weighted by molar-refractivity contribution is -0.874. The van der Waals surface area contributed by atoms with E-state index >= 15 is 0 Å². The highest BCUT2D eigenvalue weighted by molar-refractivity contribution is 5.26. The lowest BCUT2D eigenvalue weighted by Gasteiger charge is -2.37. The first kappa shape index (κ1) is 11.7. The Bertz CT molecular complexity index is 328. The molecule has 1 heteroatoms. The third kappa shape index (κ3) is 2.46. The van der Waals surface area contributed by atoms with E-state index in [0.29, 0.717) is 5.41 Å². The van der Waals surface area contributed by atoms with Gasteiger partial charge in [-0.05, 0) is 18.4 Å². The van der Waals surface area contributed by atoms with Crippen molar-refractivity contribution in [2.24, 2.45) is 0 Å². The Balaban J connectivity index is 2.29. The predicted octanol–water partition coefficient (Wildman–Crippen LogP) is 3.20. The summed E-state index contributed by atoms with van der Waals surface area (Å²) in [4.78, 5) is 0. The van der Waals surface area contributed by atoms with Gasteiger partial charge in [-0.1, -0.05) is 43.2 Å². The maximum absolute atomic E-state index is 2.32. The Hall–Kier alpha value is -0.820. The van der Waals surface area contributed by atoms with Crippen LogP contribution in [0.4, 0.5) is 0 Å². The molecule has 16 heavy (non-hydrogen) atoms. The highest BCUT2D eigenvalue weighted by Crippen LogP contribution is 2.42. The van der Waals surface area contributed by atoms with Crippen molar-refractivity contribution in [3.8, 4) is 0 Å². The van der Waals surface area contributed by atoms with E-state index in [9.17, 15) is 0 Å². The van der Waals surface area contributed by atoms with E-state index < -0.39 is 0 Å². The molecule has 0 heterocycles. The summed E-state index contributed by atoms with van der Waals surface area (Å²) in [5, 5.41) is 0. The molecule has 0 aliphatic heterocycles. The zero-order chi connectivity index (χ0) is 11.6. The lowest BCUT2D eigenvalue weighted by atomic mass is 9.78. The van der Waals surface area contributed by atoms with Crippen molar-refractivity contribution >= 4 is 0 Å². The molecular formula is C15H24N+. The van der Waals surface area contributed by atoms with Gasteiger partial charge in [-0.2, -0.15) is 0 Å². The number of hydrogen-bond donors (Lipinski definition) is 0. The zero-order valence-electron chi connectivity index (χ0n) is 10.9. The molecule has 1 saturated carbocycles. The first-order valence-corrected chi connectivity index (χ1v) is 6.38. The van der Waals surface area contributed by atoms with Gasteiger partial charge in [0, 0.05) is 5.41 Å². The van der Waals surface area contributed by atoms with Crippen LogP contribution in [-0.4, -0.2) is 32.2 Å². The van der Waals surface area contributed by atoms with Crippen LogP contribution in [0.25, 0.3) is 0 Å². The van der Waals surface area contributed by atoms with Crippen molar-refractivity contribution in [2.75, 3.05) is 27.7 Å². The molecule has 2 rings (SSSR count). The number of benzene rings is 1. The smallest absolute Gasteiger partial charge is 0.0878 e. The van der Waals surface area contributed by atoms with Crippen molar-refractivity contribution in [3.05, 3.63) is 35.9 Å². The average Bonchev–Trinajstić information content (AvgIpc) is 2.66. The van der Waals surface area contributed by atoms with Gasteiger partial charge < -0.3 is 4.48 Å². The molecule has 0 amide bonds. The van der Waals surface area contributed by atoms with Crippen molar-refractivity contribution in [1.82, 2.24) is 0 Å². The molecule has 0 unspecified atom stereocenters. The highest BCUT2D eigenvalue weighted by Gasteiger charge is 2.39. The maximum atomic E-state index is 2.32. The Morgan fingerprint density at radius 2 is 1.56 bits per heavy atom. The van der Waals surface area contributed by atoms with E-state index in [0.717, 1.165) is 4.48 Å². The van der Waals surface area contributed by atoms with Crippen LogP contribution >= 0.6 is 0 Å². The standard InChI is InChI=1S/C15H24N/c1-16(2,3)13-15(11-7-8-12-15)14-9-5-4-6-10-14/h4-6,9-10H,7-8,11-13H2,1-3H3/q+1. The Morgan fingerprint density at radius 1 is 1.00 bits per heavy atom. The summed E-state index contributed by atoms with van der Waals surface area (Å²) in [6, 6.07) is 11.1. The van der Waals surface area contributed by atoms with Gasteiger partial charge in [0.25, 0.3) is 0 Å². The van der Waals surface area contributed by atoms with Crippen molar-refractivity contribution in [1.29, 1.82) is 0 Å². The van der Waals surface area contributed by atoms with Gasteiger partial charge in [-0.25, -0.2) is 0 Å². The Kier molecular flexibility index (Phi) is 3.07. The second-order valence-electron chi connectivity index (χ2n) is 6.30. The average molecular weight is 218 g/mol. The summed E-state index contributed by atoms with van der Waals surface area (Å²) >= 11 is 0. The van der Waals surface area contributed by atoms with E-state index in [2.05, 4.69) is 51.5 Å². The normalized spacial score (nSPS) is 19.9. The number of rotatable bonds is 3.